The van der Waals surface area contributed by atoms with E-state index in [0.29, 0.717) is 13.1 Å². The second-order valence-corrected chi connectivity index (χ2v) is 6.67. The zero-order chi connectivity index (χ0) is 15.1. The minimum atomic E-state index is -0.593. The summed E-state index contributed by atoms with van der Waals surface area (Å²) >= 11 is 1.81. The van der Waals surface area contributed by atoms with Gasteiger partial charge in [-0.2, -0.15) is 11.8 Å². The first-order valence-electron chi connectivity index (χ1n) is 7.49. The van der Waals surface area contributed by atoms with Gasteiger partial charge in [-0.15, -0.1) is 0 Å². The first-order chi connectivity index (χ1) is 10.1. The number of aliphatic imine (C=N–C) groups is 1. The van der Waals surface area contributed by atoms with Gasteiger partial charge in [-0.3, -0.25) is 0 Å². The molecule has 1 unspecified atom stereocenters. The Kier molecular flexibility index (Phi) is 5.94. The van der Waals surface area contributed by atoms with Crippen LogP contribution in [0, 0.1) is 6.92 Å². The average molecular weight is 307 g/mol. The highest BCUT2D eigenvalue weighted by molar-refractivity contribution is 7.99. The van der Waals surface area contributed by atoms with Gasteiger partial charge in [-0.05, 0) is 31.6 Å². The Bertz CT molecular complexity index is 484. The van der Waals surface area contributed by atoms with Gasteiger partial charge in [0.25, 0.3) is 0 Å². The van der Waals surface area contributed by atoms with Crippen molar-refractivity contribution in [3.8, 4) is 0 Å². The van der Waals surface area contributed by atoms with Crippen LogP contribution in [0.5, 0.6) is 0 Å². The van der Waals surface area contributed by atoms with E-state index in [-0.39, 0.29) is 0 Å². The van der Waals surface area contributed by atoms with Crippen molar-refractivity contribution in [1.29, 1.82) is 0 Å². The molecule has 0 aliphatic carbocycles. The quantitative estimate of drug-likeness (QED) is 0.575. The fraction of sp³-hybridized carbons (Fsp3) is 0.562. The van der Waals surface area contributed by atoms with Gasteiger partial charge in [0.2, 0.25) is 0 Å². The highest BCUT2D eigenvalue weighted by Crippen LogP contribution is 2.26. The highest BCUT2D eigenvalue weighted by Gasteiger charge is 2.31. The Morgan fingerprint density at radius 2 is 2.29 bits per heavy atom. The number of aryl methyl sites for hydroxylation is 1. The molecule has 0 spiro atoms. The molecule has 116 valence electrons. The average Bonchev–Trinajstić information content (AvgIpc) is 2.89. The third-order valence-electron chi connectivity index (χ3n) is 3.51. The minimum absolute atomic E-state index is 0.555. The first kappa shape index (κ1) is 16.2. The number of nitrogens with one attached hydrogen (secondary N) is 2. The van der Waals surface area contributed by atoms with Gasteiger partial charge in [-0.25, -0.2) is 4.99 Å². The van der Waals surface area contributed by atoms with E-state index < -0.39 is 5.60 Å². The summed E-state index contributed by atoms with van der Waals surface area (Å²) in [6.45, 7) is 6.14. The zero-order valence-electron chi connectivity index (χ0n) is 12.9. The molecular formula is C16H25N3OS. The maximum absolute atomic E-state index is 10.4. The van der Waals surface area contributed by atoms with E-state index in [1.54, 1.807) is 0 Å². The van der Waals surface area contributed by atoms with E-state index >= 15 is 0 Å². The van der Waals surface area contributed by atoms with Crippen LogP contribution in [0.25, 0.3) is 0 Å². The number of benzene rings is 1. The molecule has 1 saturated heterocycles. The van der Waals surface area contributed by atoms with Gasteiger partial charge >= 0.3 is 0 Å². The molecule has 1 aromatic rings. The molecule has 21 heavy (non-hydrogen) atoms. The number of thioether (sulfide) groups is 1. The summed E-state index contributed by atoms with van der Waals surface area (Å²) in [6.07, 6.45) is 0.849. The van der Waals surface area contributed by atoms with Crippen LogP contribution in [0.1, 0.15) is 24.5 Å². The van der Waals surface area contributed by atoms with Crippen LogP contribution in [0.3, 0.4) is 0 Å². The molecule has 5 heteroatoms. The van der Waals surface area contributed by atoms with Crippen molar-refractivity contribution in [2.24, 2.45) is 4.99 Å². The molecule has 3 N–H and O–H groups in total. The summed E-state index contributed by atoms with van der Waals surface area (Å²) in [7, 11) is 0. The Hall–Kier alpha value is -1.20. The topological polar surface area (TPSA) is 56.7 Å². The van der Waals surface area contributed by atoms with Crippen molar-refractivity contribution >= 4 is 17.7 Å². The smallest absolute Gasteiger partial charge is 0.191 e. The van der Waals surface area contributed by atoms with E-state index in [4.69, 9.17) is 0 Å². The van der Waals surface area contributed by atoms with Crippen molar-refractivity contribution in [3.05, 3.63) is 35.4 Å². The summed E-state index contributed by atoms with van der Waals surface area (Å²) in [5, 5.41) is 16.9. The Labute approximate surface area is 131 Å². The summed E-state index contributed by atoms with van der Waals surface area (Å²) in [4.78, 5) is 4.59. The minimum Gasteiger partial charge on any atom is -0.387 e. The van der Waals surface area contributed by atoms with Crippen LogP contribution in [-0.4, -0.2) is 41.3 Å². The molecule has 2 rings (SSSR count). The molecule has 1 atom stereocenters. The van der Waals surface area contributed by atoms with Crippen molar-refractivity contribution in [3.63, 3.8) is 0 Å². The predicted octanol–water partition coefficient (Wildman–Crippen LogP) is 1.92. The van der Waals surface area contributed by atoms with Crippen LogP contribution < -0.4 is 10.6 Å². The van der Waals surface area contributed by atoms with E-state index in [0.717, 1.165) is 30.4 Å². The van der Waals surface area contributed by atoms with Crippen molar-refractivity contribution in [2.45, 2.75) is 32.4 Å². The molecule has 1 aromatic carbocycles. The van der Waals surface area contributed by atoms with Crippen LogP contribution in [-0.2, 0) is 6.54 Å². The molecule has 0 saturated carbocycles. The third kappa shape index (κ3) is 5.25. The lowest BCUT2D eigenvalue weighted by Crippen LogP contribution is -2.47. The standard InChI is InChI=1S/C16H25N3OS/c1-3-17-15(19-11-16(20)7-8-21-12-16)18-10-14-6-4-5-13(2)9-14/h4-6,9,20H,3,7-8,10-12H2,1-2H3,(H2,17,18,19). The van der Waals surface area contributed by atoms with E-state index in [1.807, 2.05) is 18.7 Å². The molecule has 0 amide bonds. The summed E-state index contributed by atoms with van der Waals surface area (Å²) < 4.78 is 0. The number of hydrogen-bond acceptors (Lipinski definition) is 3. The SMILES string of the molecule is CCNC(=NCc1cccc(C)c1)NCC1(O)CCSC1. The summed E-state index contributed by atoms with van der Waals surface area (Å²) in [6, 6.07) is 8.37. The largest absolute Gasteiger partial charge is 0.387 e. The predicted molar refractivity (Wildman–Crippen MR) is 90.9 cm³/mol. The lowest BCUT2D eigenvalue weighted by atomic mass is 10.0. The fourth-order valence-corrected chi connectivity index (χ4v) is 3.60. The van der Waals surface area contributed by atoms with Crippen molar-refractivity contribution in [1.82, 2.24) is 10.6 Å². The van der Waals surface area contributed by atoms with Gasteiger partial charge in [0.15, 0.2) is 5.96 Å². The van der Waals surface area contributed by atoms with Gasteiger partial charge < -0.3 is 15.7 Å². The van der Waals surface area contributed by atoms with Crippen LogP contribution in [0.2, 0.25) is 0 Å². The van der Waals surface area contributed by atoms with Crippen LogP contribution in [0.4, 0.5) is 0 Å². The maximum Gasteiger partial charge on any atom is 0.191 e. The normalized spacial score (nSPS) is 22.3. The lowest BCUT2D eigenvalue weighted by molar-refractivity contribution is 0.0724. The summed E-state index contributed by atoms with van der Waals surface area (Å²) in [5.74, 6) is 2.61. The Morgan fingerprint density at radius 1 is 1.43 bits per heavy atom. The fourth-order valence-electron chi connectivity index (χ4n) is 2.31. The van der Waals surface area contributed by atoms with Gasteiger partial charge in [0, 0.05) is 18.8 Å². The first-order valence-corrected chi connectivity index (χ1v) is 8.65. The lowest BCUT2D eigenvalue weighted by Gasteiger charge is -2.23. The monoisotopic (exact) mass is 307 g/mol. The molecule has 0 bridgehead atoms. The van der Waals surface area contributed by atoms with Gasteiger partial charge in [0.1, 0.15) is 0 Å². The number of guanidine groups is 1. The van der Waals surface area contributed by atoms with E-state index in [1.165, 1.54) is 11.1 Å². The molecule has 1 heterocycles. The number of aliphatic hydroxyl groups is 1. The molecule has 1 aliphatic rings. The molecule has 0 radical (unpaired) electrons. The third-order valence-corrected chi connectivity index (χ3v) is 4.75. The highest BCUT2D eigenvalue weighted by atomic mass is 32.2. The molecule has 1 fully saturated rings. The van der Waals surface area contributed by atoms with Gasteiger partial charge in [-0.1, -0.05) is 29.8 Å². The molecule has 0 aromatic heterocycles. The van der Waals surface area contributed by atoms with Crippen LogP contribution in [0.15, 0.2) is 29.3 Å². The van der Waals surface area contributed by atoms with E-state index in [9.17, 15) is 5.11 Å². The number of hydrogen-bond donors (Lipinski definition) is 3. The molecular weight excluding hydrogens is 282 g/mol. The number of rotatable bonds is 5. The Morgan fingerprint density at radius 3 is 2.95 bits per heavy atom. The maximum atomic E-state index is 10.4. The molecule has 1 aliphatic heterocycles. The van der Waals surface area contributed by atoms with Gasteiger partial charge in [0.05, 0.1) is 12.1 Å². The second kappa shape index (κ2) is 7.71. The second-order valence-electron chi connectivity index (χ2n) is 5.56. The zero-order valence-corrected chi connectivity index (χ0v) is 13.7. The molecule has 4 nitrogen and oxygen atoms in total. The Balaban J connectivity index is 1.92. The number of nitrogens with zero attached hydrogens (tertiary/aromatic N) is 1. The summed E-state index contributed by atoms with van der Waals surface area (Å²) in [5.41, 5.74) is 1.85. The van der Waals surface area contributed by atoms with Crippen molar-refractivity contribution in [2.75, 3.05) is 24.6 Å². The van der Waals surface area contributed by atoms with E-state index in [2.05, 4.69) is 46.8 Å². The van der Waals surface area contributed by atoms with Crippen LogP contribution >= 0.6 is 11.8 Å². The van der Waals surface area contributed by atoms with Crippen molar-refractivity contribution < 1.29 is 5.11 Å².